The molecule has 2 amide bonds. The highest BCUT2D eigenvalue weighted by Gasteiger charge is 2.34. The number of thiophene rings is 1. The Morgan fingerprint density at radius 1 is 1.05 bits per heavy atom. The Labute approximate surface area is 231 Å². The molecule has 5 nitrogen and oxygen atoms in total. The highest BCUT2D eigenvalue weighted by Crippen LogP contribution is 2.38. The van der Waals surface area contributed by atoms with E-state index in [1.807, 2.05) is 36.1 Å². The van der Waals surface area contributed by atoms with Crippen LogP contribution in [0.1, 0.15) is 77.6 Å². The van der Waals surface area contributed by atoms with Crippen molar-refractivity contribution in [3.63, 3.8) is 0 Å². The lowest BCUT2D eigenvalue weighted by molar-refractivity contribution is -0.134. The molecule has 0 N–H and O–H groups in total. The minimum Gasteiger partial charge on any atom is -0.382 e. The second kappa shape index (κ2) is 12.3. The van der Waals surface area contributed by atoms with Crippen LogP contribution in [0.3, 0.4) is 0 Å². The molecule has 6 heteroatoms. The summed E-state index contributed by atoms with van der Waals surface area (Å²) in [6, 6.07) is 18.3. The summed E-state index contributed by atoms with van der Waals surface area (Å²) in [5.41, 5.74) is 5.29. The Balaban J connectivity index is 1.58. The lowest BCUT2D eigenvalue weighted by Crippen LogP contribution is -2.47. The van der Waals surface area contributed by atoms with Crippen molar-refractivity contribution in [2.75, 3.05) is 32.8 Å². The maximum Gasteiger partial charge on any atom is 0.254 e. The molecule has 1 aliphatic rings. The number of carbonyl (C=O) groups excluding carboxylic acids is 2. The number of benzene rings is 2. The predicted molar refractivity (Wildman–Crippen MR) is 155 cm³/mol. The van der Waals surface area contributed by atoms with Gasteiger partial charge in [-0.15, -0.1) is 11.3 Å². The molecule has 2 aromatic carbocycles. The van der Waals surface area contributed by atoms with E-state index in [0.29, 0.717) is 38.3 Å². The van der Waals surface area contributed by atoms with Crippen LogP contribution in [-0.4, -0.2) is 54.5 Å². The molecule has 0 aliphatic carbocycles. The number of fused-ring (bicyclic) bond motifs is 1. The van der Waals surface area contributed by atoms with E-state index in [0.717, 1.165) is 12.0 Å². The number of ether oxygens (including phenoxy) is 1. The van der Waals surface area contributed by atoms with Crippen LogP contribution in [0.15, 0.2) is 60.0 Å². The van der Waals surface area contributed by atoms with Crippen molar-refractivity contribution >= 4 is 23.2 Å². The van der Waals surface area contributed by atoms with Crippen molar-refractivity contribution in [2.24, 2.45) is 0 Å². The summed E-state index contributed by atoms with van der Waals surface area (Å²) in [6.45, 7) is 12.9. The van der Waals surface area contributed by atoms with Crippen LogP contribution in [-0.2, 0) is 21.4 Å². The highest BCUT2D eigenvalue weighted by atomic mass is 32.1. The molecule has 0 spiro atoms. The fourth-order valence-electron chi connectivity index (χ4n) is 5.00. The molecule has 1 atom stereocenters. The Hall–Kier alpha value is -2.96. The van der Waals surface area contributed by atoms with E-state index in [1.165, 1.54) is 21.6 Å². The number of aryl methyl sites for hydroxylation is 1. The second-order valence-corrected chi connectivity index (χ2v) is 12.1. The molecule has 1 aliphatic heterocycles. The van der Waals surface area contributed by atoms with Gasteiger partial charge < -0.3 is 14.5 Å². The summed E-state index contributed by atoms with van der Waals surface area (Å²) < 4.78 is 5.53. The van der Waals surface area contributed by atoms with Crippen molar-refractivity contribution in [3.05, 3.63) is 92.7 Å². The summed E-state index contributed by atoms with van der Waals surface area (Å²) >= 11 is 1.76. The molecule has 4 rings (SSSR count). The minimum absolute atomic E-state index is 0.00842. The smallest absolute Gasteiger partial charge is 0.254 e. The third-order valence-electron chi connectivity index (χ3n) is 7.21. The van der Waals surface area contributed by atoms with Gasteiger partial charge in [0, 0.05) is 36.7 Å². The van der Waals surface area contributed by atoms with Gasteiger partial charge in [0.15, 0.2) is 0 Å². The molecule has 0 saturated heterocycles. The van der Waals surface area contributed by atoms with Crippen molar-refractivity contribution in [1.82, 2.24) is 9.80 Å². The highest BCUT2D eigenvalue weighted by molar-refractivity contribution is 7.10. The third kappa shape index (κ3) is 6.54. The van der Waals surface area contributed by atoms with E-state index in [9.17, 15) is 9.59 Å². The first-order valence-electron chi connectivity index (χ1n) is 13.6. The van der Waals surface area contributed by atoms with Crippen LogP contribution < -0.4 is 0 Å². The number of hydrogen-bond acceptors (Lipinski definition) is 4. The zero-order valence-corrected chi connectivity index (χ0v) is 24.1. The Bertz CT molecular complexity index is 1220. The molecule has 2 heterocycles. The van der Waals surface area contributed by atoms with Crippen molar-refractivity contribution in [3.8, 4) is 0 Å². The van der Waals surface area contributed by atoms with Crippen LogP contribution in [0, 0.1) is 6.92 Å². The Morgan fingerprint density at radius 2 is 1.76 bits per heavy atom. The topological polar surface area (TPSA) is 49.9 Å². The van der Waals surface area contributed by atoms with Crippen molar-refractivity contribution < 1.29 is 14.3 Å². The average molecular weight is 533 g/mol. The molecule has 0 saturated carbocycles. The Kier molecular flexibility index (Phi) is 9.06. The first-order valence-corrected chi connectivity index (χ1v) is 14.5. The number of rotatable bonds is 9. The fourth-order valence-corrected chi connectivity index (χ4v) is 5.90. The van der Waals surface area contributed by atoms with Crippen molar-refractivity contribution in [2.45, 2.75) is 58.9 Å². The monoisotopic (exact) mass is 532 g/mol. The van der Waals surface area contributed by atoms with Gasteiger partial charge >= 0.3 is 0 Å². The van der Waals surface area contributed by atoms with Gasteiger partial charge in [0.05, 0.1) is 6.04 Å². The van der Waals surface area contributed by atoms with Gasteiger partial charge in [0.25, 0.3) is 5.91 Å². The van der Waals surface area contributed by atoms with E-state index < -0.39 is 0 Å². The first kappa shape index (κ1) is 28.1. The van der Waals surface area contributed by atoms with Crippen LogP contribution in [0.4, 0.5) is 0 Å². The number of amides is 2. The van der Waals surface area contributed by atoms with E-state index in [2.05, 4.69) is 63.4 Å². The SMILES string of the molecule is CCOCCCN(CC(=O)N1CCc2sccc2C1c1ccc(C)cc1)C(=O)c1ccc(C(C)(C)C)cc1. The van der Waals surface area contributed by atoms with Gasteiger partial charge in [-0.1, -0.05) is 62.7 Å². The van der Waals surface area contributed by atoms with Gasteiger partial charge in [0.1, 0.15) is 6.54 Å². The number of hydrogen-bond donors (Lipinski definition) is 0. The molecule has 1 unspecified atom stereocenters. The summed E-state index contributed by atoms with van der Waals surface area (Å²) in [4.78, 5) is 32.6. The molecule has 202 valence electrons. The van der Waals surface area contributed by atoms with E-state index in [1.54, 1.807) is 16.2 Å². The quantitative estimate of drug-likeness (QED) is 0.300. The first-order chi connectivity index (χ1) is 18.2. The lowest BCUT2D eigenvalue weighted by Gasteiger charge is -2.37. The van der Waals surface area contributed by atoms with E-state index in [-0.39, 0.29) is 29.8 Å². The molecule has 0 bridgehead atoms. The second-order valence-electron chi connectivity index (χ2n) is 11.1. The maximum atomic E-state index is 13.9. The van der Waals surface area contributed by atoms with Crippen LogP contribution in [0.2, 0.25) is 0 Å². The summed E-state index contributed by atoms with van der Waals surface area (Å²) in [6.07, 6.45) is 1.52. The fraction of sp³-hybridized carbons (Fsp3) is 0.438. The predicted octanol–water partition coefficient (Wildman–Crippen LogP) is 6.40. The van der Waals surface area contributed by atoms with Crippen LogP contribution in [0.25, 0.3) is 0 Å². The molecule has 0 radical (unpaired) electrons. The zero-order chi connectivity index (χ0) is 27.3. The average Bonchev–Trinajstić information content (AvgIpc) is 3.38. The van der Waals surface area contributed by atoms with E-state index >= 15 is 0 Å². The number of nitrogens with zero attached hydrogens (tertiary/aromatic N) is 2. The molecule has 1 aromatic heterocycles. The van der Waals surface area contributed by atoms with Gasteiger partial charge in [-0.05, 0) is 72.4 Å². The summed E-state index contributed by atoms with van der Waals surface area (Å²) in [5.74, 6) is -0.140. The van der Waals surface area contributed by atoms with Crippen LogP contribution in [0.5, 0.6) is 0 Å². The molecular weight excluding hydrogens is 492 g/mol. The molecule has 3 aromatic rings. The van der Waals surface area contributed by atoms with E-state index in [4.69, 9.17) is 4.74 Å². The summed E-state index contributed by atoms with van der Waals surface area (Å²) in [5, 5.41) is 2.12. The molecule has 38 heavy (non-hydrogen) atoms. The standard InChI is InChI=1S/C32H40N2O3S/c1-6-37-20-7-18-33(31(36)25-12-14-26(15-13-25)32(3,4)5)22-29(35)34-19-16-28-27(17-21-38-28)30(34)24-10-8-23(2)9-11-24/h8-15,17,21,30H,6-7,16,18-20,22H2,1-5H3. The maximum absolute atomic E-state index is 13.9. The van der Waals surface area contributed by atoms with Crippen molar-refractivity contribution in [1.29, 1.82) is 0 Å². The zero-order valence-electron chi connectivity index (χ0n) is 23.3. The normalized spacial score (nSPS) is 15.3. The van der Waals surface area contributed by atoms with Gasteiger partial charge in [-0.25, -0.2) is 0 Å². The summed E-state index contributed by atoms with van der Waals surface area (Å²) in [7, 11) is 0. The van der Waals surface area contributed by atoms with Gasteiger partial charge in [-0.2, -0.15) is 0 Å². The minimum atomic E-state index is -0.135. The Morgan fingerprint density at radius 3 is 2.42 bits per heavy atom. The third-order valence-corrected chi connectivity index (χ3v) is 8.21. The molecular formula is C32H40N2O3S. The lowest BCUT2D eigenvalue weighted by atomic mass is 9.86. The number of carbonyl (C=O) groups is 2. The van der Waals surface area contributed by atoms with Gasteiger partial charge in [-0.3, -0.25) is 9.59 Å². The molecule has 0 fully saturated rings. The largest absolute Gasteiger partial charge is 0.382 e. The van der Waals surface area contributed by atoms with Gasteiger partial charge in [0.2, 0.25) is 5.91 Å². The van der Waals surface area contributed by atoms with Crippen LogP contribution >= 0.6 is 11.3 Å².